The van der Waals surface area contributed by atoms with Gasteiger partial charge >= 0.3 is 0 Å². The maximum atomic E-state index is 10.4. The molecule has 92 valence electrons. The molecule has 2 bridgehead atoms. The Hall–Kier alpha value is 0.140. The normalized spacial score (nSPS) is 43.8. The lowest BCUT2D eigenvalue weighted by molar-refractivity contribution is 0.129. The van der Waals surface area contributed by atoms with Gasteiger partial charge in [-0.3, -0.25) is 0 Å². The van der Waals surface area contributed by atoms with Gasteiger partial charge in [0.2, 0.25) is 0 Å². The summed E-state index contributed by atoms with van der Waals surface area (Å²) in [5.74, 6) is 4.35. The van der Waals surface area contributed by atoms with Gasteiger partial charge in [-0.05, 0) is 76.2 Å². The van der Waals surface area contributed by atoms with Crippen molar-refractivity contribution in [1.82, 2.24) is 0 Å². The Morgan fingerprint density at radius 2 is 2.06 bits per heavy atom. The largest absolute Gasteiger partial charge is 0.392 e. The molecule has 1 aromatic rings. The lowest BCUT2D eigenvalue weighted by Crippen LogP contribution is -2.18. The molecule has 0 amide bonds. The topological polar surface area (TPSA) is 20.2 Å². The van der Waals surface area contributed by atoms with Gasteiger partial charge < -0.3 is 5.11 Å². The van der Waals surface area contributed by atoms with Crippen molar-refractivity contribution in [2.75, 3.05) is 0 Å². The van der Waals surface area contributed by atoms with Crippen molar-refractivity contribution in [2.24, 2.45) is 29.6 Å². The van der Waals surface area contributed by atoms with E-state index in [1.807, 2.05) is 0 Å². The van der Waals surface area contributed by atoms with Crippen molar-refractivity contribution in [1.29, 1.82) is 0 Å². The monoisotopic (exact) mass is 312 g/mol. The van der Waals surface area contributed by atoms with E-state index in [2.05, 4.69) is 27.4 Å². The van der Waals surface area contributed by atoms with E-state index in [1.165, 1.54) is 28.6 Å². The second-order valence-electron chi connectivity index (χ2n) is 6.03. The van der Waals surface area contributed by atoms with Crippen LogP contribution in [0.5, 0.6) is 0 Å². The number of aliphatic hydroxyl groups excluding tert-OH is 1. The van der Waals surface area contributed by atoms with Gasteiger partial charge in [0.25, 0.3) is 0 Å². The number of hydrogen-bond donors (Lipinski definition) is 1. The van der Waals surface area contributed by atoms with E-state index in [9.17, 15) is 5.11 Å². The summed E-state index contributed by atoms with van der Waals surface area (Å²) in [5.41, 5.74) is 0. The minimum absolute atomic E-state index is 0.0941. The number of fused-ring (bicyclic) bond motifs is 5. The molecule has 3 saturated carbocycles. The van der Waals surface area contributed by atoms with E-state index in [-0.39, 0.29) is 6.10 Å². The highest BCUT2D eigenvalue weighted by Gasteiger charge is 2.66. The fourth-order valence-electron chi connectivity index (χ4n) is 4.70. The predicted octanol–water partition coefficient (Wildman–Crippen LogP) is 3.71. The van der Waals surface area contributed by atoms with Crippen molar-refractivity contribution >= 4 is 27.3 Å². The van der Waals surface area contributed by atoms with Crippen LogP contribution < -0.4 is 0 Å². The lowest BCUT2D eigenvalue weighted by Gasteiger charge is -2.14. The molecule has 3 aliphatic rings. The van der Waals surface area contributed by atoms with Gasteiger partial charge in [-0.25, -0.2) is 0 Å². The zero-order valence-electron chi connectivity index (χ0n) is 9.68. The van der Waals surface area contributed by atoms with Gasteiger partial charge in [0.15, 0.2) is 0 Å². The molecule has 1 nitrogen and oxygen atoms in total. The van der Waals surface area contributed by atoms with E-state index in [4.69, 9.17) is 0 Å². The zero-order chi connectivity index (χ0) is 11.6. The third-order valence-corrected chi connectivity index (χ3v) is 7.27. The third kappa shape index (κ3) is 1.58. The van der Waals surface area contributed by atoms with Crippen LogP contribution in [0, 0.1) is 29.6 Å². The first-order valence-electron chi connectivity index (χ1n) is 6.65. The van der Waals surface area contributed by atoms with Crippen LogP contribution in [-0.2, 0) is 6.42 Å². The molecule has 0 aromatic carbocycles. The van der Waals surface area contributed by atoms with Crippen LogP contribution >= 0.6 is 27.3 Å². The van der Waals surface area contributed by atoms with Crippen molar-refractivity contribution in [3.63, 3.8) is 0 Å². The van der Waals surface area contributed by atoms with Crippen LogP contribution in [-0.4, -0.2) is 11.2 Å². The van der Waals surface area contributed by atoms with E-state index in [1.54, 1.807) is 11.3 Å². The minimum atomic E-state index is -0.0941. The first-order chi connectivity index (χ1) is 8.25. The number of halogens is 1. The molecular formula is C14H17BrOS. The average Bonchev–Trinajstić information content (AvgIpc) is 2.64. The van der Waals surface area contributed by atoms with Gasteiger partial charge in [0, 0.05) is 15.8 Å². The van der Waals surface area contributed by atoms with E-state index in [0.717, 1.165) is 30.1 Å². The van der Waals surface area contributed by atoms with Gasteiger partial charge in [0.1, 0.15) is 0 Å². The van der Waals surface area contributed by atoms with Crippen LogP contribution in [0.3, 0.4) is 0 Å². The standard InChI is InChI=1S/C14H17BrOS/c15-9-3-4-17-11(9)6-10(16)14-12-7-1-2-8(5-7)13(12)14/h3-4,7-8,10,12-14,16H,1-2,5-6H2. The molecule has 5 unspecified atom stereocenters. The molecule has 17 heavy (non-hydrogen) atoms. The van der Waals surface area contributed by atoms with E-state index >= 15 is 0 Å². The molecule has 0 saturated heterocycles. The van der Waals surface area contributed by atoms with Crippen LogP contribution in [0.1, 0.15) is 24.1 Å². The molecule has 3 fully saturated rings. The molecule has 3 heteroatoms. The number of hydrogen-bond acceptors (Lipinski definition) is 2. The van der Waals surface area contributed by atoms with Crippen molar-refractivity contribution in [2.45, 2.75) is 31.8 Å². The van der Waals surface area contributed by atoms with E-state index in [0.29, 0.717) is 5.92 Å². The number of thiophene rings is 1. The molecule has 0 radical (unpaired) electrons. The van der Waals surface area contributed by atoms with Crippen molar-refractivity contribution in [3.05, 3.63) is 20.8 Å². The molecule has 0 spiro atoms. The van der Waals surface area contributed by atoms with Gasteiger partial charge in [-0.1, -0.05) is 0 Å². The quantitative estimate of drug-likeness (QED) is 0.902. The highest BCUT2D eigenvalue weighted by molar-refractivity contribution is 9.10. The molecular weight excluding hydrogens is 296 g/mol. The van der Waals surface area contributed by atoms with Crippen LogP contribution in [0.25, 0.3) is 0 Å². The van der Waals surface area contributed by atoms with Gasteiger partial charge in [0.05, 0.1) is 6.10 Å². The SMILES string of the molecule is OC(Cc1sccc1Br)C1C2C3CCC(C3)C12. The fourth-order valence-corrected chi connectivity index (χ4v) is 6.27. The molecule has 1 N–H and O–H groups in total. The number of aliphatic hydroxyl groups is 1. The van der Waals surface area contributed by atoms with E-state index < -0.39 is 0 Å². The molecule has 0 aliphatic heterocycles. The first-order valence-corrected chi connectivity index (χ1v) is 8.33. The smallest absolute Gasteiger partial charge is 0.0622 e. The summed E-state index contributed by atoms with van der Waals surface area (Å²) in [6.07, 6.45) is 5.12. The van der Waals surface area contributed by atoms with Crippen molar-refractivity contribution < 1.29 is 5.11 Å². The Balaban J connectivity index is 1.46. The Labute approximate surface area is 114 Å². The molecule has 3 aliphatic carbocycles. The molecule has 1 heterocycles. The van der Waals surface area contributed by atoms with Gasteiger partial charge in [-0.15, -0.1) is 11.3 Å². The fraction of sp³-hybridized carbons (Fsp3) is 0.714. The maximum Gasteiger partial charge on any atom is 0.0622 e. The van der Waals surface area contributed by atoms with Crippen LogP contribution in [0.4, 0.5) is 0 Å². The van der Waals surface area contributed by atoms with Gasteiger partial charge in [-0.2, -0.15) is 0 Å². The summed E-state index contributed by atoms with van der Waals surface area (Å²) in [4.78, 5) is 1.31. The van der Waals surface area contributed by atoms with Crippen molar-refractivity contribution in [3.8, 4) is 0 Å². The Morgan fingerprint density at radius 1 is 1.35 bits per heavy atom. The summed E-state index contributed by atoms with van der Waals surface area (Å²) in [5, 5.41) is 12.5. The summed E-state index contributed by atoms with van der Waals surface area (Å²) in [7, 11) is 0. The Bertz CT molecular complexity index is 427. The third-order valence-electron chi connectivity index (χ3n) is 5.32. The Kier molecular flexibility index (Phi) is 2.47. The van der Waals surface area contributed by atoms with Crippen LogP contribution in [0.2, 0.25) is 0 Å². The summed E-state index contributed by atoms with van der Waals surface area (Å²) < 4.78 is 1.18. The highest BCUT2D eigenvalue weighted by atomic mass is 79.9. The maximum absolute atomic E-state index is 10.4. The molecule has 4 rings (SSSR count). The predicted molar refractivity (Wildman–Crippen MR) is 73.0 cm³/mol. The molecule has 1 aromatic heterocycles. The highest BCUT2D eigenvalue weighted by Crippen LogP contribution is 2.70. The Morgan fingerprint density at radius 3 is 2.65 bits per heavy atom. The second-order valence-corrected chi connectivity index (χ2v) is 7.88. The van der Waals surface area contributed by atoms with Crippen LogP contribution in [0.15, 0.2) is 15.9 Å². The minimum Gasteiger partial charge on any atom is -0.392 e. The summed E-state index contributed by atoms with van der Waals surface area (Å²) >= 11 is 5.32. The summed E-state index contributed by atoms with van der Waals surface area (Å²) in [6, 6.07) is 2.09. The lowest BCUT2D eigenvalue weighted by atomic mass is 9.97. The average molecular weight is 313 g/mol. The zero-order valence-corrected chi connectivity index (χ0v) is 12.1. The summed E-state index contributed by atoms with van der Waals surface area (Å²) in [6.45, 7) is 0. The second kappa shape index (κ2) is 3.82. The first kappa shape index (κ1) is 11.0. The number of rotatable bonds is 3. The molecule has 5 atom stereocenters.